The van der Waals surface area contributed by atoms with Gasteiger partial charge in [-0.05, 0) is 24.5 Å². The molecule has 0 radical (unpaired) electrons. The number of nitrogens with zero attached hydrogens (tertiary/aromatic N) is 4. The first-order valence-corrected chi connectivity index (χ1v) is 9.37. The monoisotopic (exact) mass is 376 g/mol. The number of anilines is 1. The van der Waals surface area contributed by atoms with E-state index in [0.29, 0.717) is 32.5 Å². The van der Waals surface area contributed by atoms with E-state index in [1.807, 2.05) is 42.6 Å². The van der Waals surface area contributed by atoms with Crippen LogP contribution in [-0.2, 0) is 11.3 Å². The molecule has 2 N–H and O–H groups in total. The number of piperidine rings is 1. The van der Waals surface area contributed by atoms with E-state index in [0.717, 1.165) is 22.4 Å². The second-order valence-corrected chi connectivity index (χ2v) is 7.29. The van der Waals surface area contributed by atoms with E-state index in [1.54, 1.807) is 11.2 Å². The SMILES string of the molecule is O=C1NC(=O)C2(CCN(c3ncnc4[nH]ccc34)CC2)N1Cc1ccccc1. The van der Waals surface area contributed by atoms with Crippen LogP contribution in [0.4, 0.5) is 10.6 Å². The zero-order valence-corrected chi connectivity index (χ0v) is 15.3. The van der Waals surface area contributed by atoms with Crippen LogP contribution in [0.1, 0.15) is 18.4 Å². The van der Waals surface area contributed by atoms with Gasteiger partial charge in [-0.3, -0.25) is 10.1 Å². The molecule has 2 aliphatic heterocycles. The number of benzene rings is 1. The molecule has 1 spiro atoms. The summed E-state index contributed by atoms with van der Waals surface area (Å²) in [6, 6.07) is 11.4. The number of carbonyl (C=O) groups excluding carboxylic acids is 2. The Labute approximate surface area is 161 Å². The largest absolute Gasteiger partial charge is 0.356 e. The van der Waals surface area contributed by atoms with Crippen molar-refractivity contribution in [2.75, 3.05) is 18.0 Å². The fourth-order valence-corrected chi connectivity index (χ4v) is 4.28. The number of hydrogen-bond donors (Lipinski definition) is 2. The van der Waals surface area contributed by atoms with Crippen molar-refractivity contribution in [3.63, 3.8) is 0 Å². The van der Waals surface area contributed by atoms with Gasteiger partial charge in [0.1, 0.15) is 23.3 Å². The number of aromatic nitrogens is 3. The number of imide groups is 1. The summed E-state index contributed by atoms with van der Waals surface area (Å²) >= 11 is 0. The highest BCUT2D eigenvalue weighted by molar-refractivity contribution is 6.07. The first-order chi connectivity index (χ1) is 13.7. The number of aromatic amines is 1. The van der Waals surface area contributed by atoms with Gasteiger partial charge in [0.15, 0.2) is 0 Å². The van der Waals surface area contributed by atoms with Gasteiger partial charge in [-0.25, -0.2) is 14.8 Å². The van der Waals surface area contributed by atoms with Crippen LogP contribution >= 0.6 is 0 Å². The average molecular weight is 376 g/mol. The Balaban J connectivity index is 1.40. The predicted molar refractivity (Wildman–Crippen MR) is 104 cm³/mol. The van der Waals surface area contributed by atoms with E-state index >= 15 is 0 Å². The van der Waals surface area contributed by atoms with Crippen LogP contribution < -0.4 is 10.2 Å². The third-order valence-electron chi connectivity index (χ3n) is 5.81. The Hall–Kier alpha value is -3.42. The standard InChI is InChI=1S/C20H20N6O2/c27-18-20(26(19(28)24-18)12-14-4-2-1-3-5-14)7-10-25(11-8-20)17-15-6-9-21-16(15)22-13-23-17/h1-6,9,13H,7-8,10-12H2,(H,21,22,23)(H,24,27,28). The summed E-state index contributed by atoms with van der Waals surface area (Å²) < 4.78 is 0. The molecule has 5 rings (SSSR count). The van der Waals surface area contributed by atoms with Crippen LogP contribution in [0, 0.1) is 0 Å². The van der Waals surface area contributed by atoms with Gasteiger partial charge in [0.2, 0.25) is 0 Å². The third kappa shape index (κ3) is 2.52. The van der Waals surface area contributed by atoms with E-state index < -0.39 is 5.54 Å². The maximum Gasteiger partial charge on any atom is 0.325 e. The van der Waals surface area contributed by atoms with Crippen molar-refractivity contribution in [3.8, 4) is 0 Å². The van der Waals surface area contributed by atoms with Crippen molar-refractivity contribution in [3.05, 3.63) is 54.5 Å². The topological polar surface area (TPSA) is 94.2 Å². The van der Waals surface area contributed by atoms with Crippen molar-refractivity contribution in [1.82, 2.24) is 25.2 Å². The zero-order chi connectivity index (χ0) is 19.1. The molecule has 3 amide bonds. The van der Waals surface area contributed by atoms with Gasteiger partial charge in [-0.15, -0.1) is 0 Å². The molecule has 0 saturated carbocycles. The molecule has 2 saturated heterocycles. The maximum atomic E-state index is 12.8. The zero-order valence-electron chi connectivity index (χ0n) is 15.3. The summed E-state index contributed by atoms with van der Waals surface area (Å²) in [5.41, 5.74) is 1.01. The third-order valence-corrected chi connectivity index (χ3v) is 5.81. The fourth-order valence-electron chi connectivity index (χ4n) is 4.28. The van der Waals surface area contributed by atoms with E-state index in [-0.39, 0.29) is 11.9 Å². The molecule has 3 aromatic rings. The lowest BCUT2D eigenvalue weighted by Crippen LogP contribution is -2.56. The average Bonchev–Trinajstić information content (AvgIpc) is 3.29. The van der Waals surface area contributed by atoms with E-state index in [9.17, 15) is 9.59 Å². The normalized spacial score (nSPS) is 18.9. The van der Waals surface area contributed by atoms with E-state index in [4.69, 9.17) is 0 Å². The molecule has 2 aliphatic rings. The number of amides is 3. The van der Waals surface area contributed by atoms with Gasteiger partial charge < -0.3 is 14.8 Å². The Morgan fingerprint density at radius 1 is 1.04 bits per heavy atom. The van der Waals surface area contributed by atoms with Crippen LogP contribution in [-0.4, -0.2) is 50.4 Å². The van der Waals surface area contributed by atoms with E-state index in [2.05, 4.69) is 25.2 Å². The predicted octanol–water partition coefficient (Wildman–Crippen LogP) is 2.05. The molecule has 0 atom stereocenters. The van der Waals surface area contributed by atoms with Gasteiger partial charge in [-0.2, -0.15) is 0 Å². The van der Waals surface area contributed by atoms with Gasteiger partial charge in [0.05, 0.1) is 5.39 Å². The number of rotatable bonds is 3. The maximum absolute atomic E-state index is 12.8. The highest BCUT2D eigenvalue weighted by Gasteiger charge is 2.54. The van der Waals surface area contributed by atoms with Gasteiger partial charge in [0.25, 0.3) is 5.91 Å². The highest BCUT2D eigenvalue weighted by atomic mass is 16.2. The van der Waals surface area contributed by atoms with Crippen LogP contribution in [0.3, 0.4) is 0 Å². The first-order valence-electron chi connectivity index (χ1n) is 9.37. The molecule has 4 heterocycles. The Bertz CT molecular complexity index is 1040. The summed E-state index contributed by atoms with van der Waals surface area (Å²) in [5, 5.41) is 3.49. The molecule has 2 fully saturated rings. The molecule has 8 nitrogen and oxygen atoms in total. The van der Waals surface area contributed by atoms with Crippen LogP contribution in [0.25, 0.3) is 11.0 Å². The number of carbonyl (C=O) groups is 2. The molecular formula is C20H20N6O2. The van der Waals surface area contributed by atoms with Crippen LogP contribution in [0.15, 0.2) is 48.9 Å². The molecule has 142 valence electrons. The summed E-state index contributed by atoms with van der Waals surface area (Å²) in [5.74, 6) is 0.669. The van der Waals surface area contributed by atoms with Crippen molar-refractivity contribution in [2.24, 2.45) is 0 Å². The lowest BCUT2D eigenvalue weighted by molar-refractivity contribution is -0.127. The van der Waals surface area contributed by atoms with Gasteiger partial charge in [-0.1, -0.05) is 30.3 Å². The lowest BCUT2D eigenvalue weighted by atomic mass is 9.85. The van der Waals surface area contributed by atoms with Crippen molar-refractivity contribution in [1.29, 1.82) is 0 Å². The van der Waals surface area contributed by atoms with Gasteiger partial charge >= 0.3 is 6.03 Å². The number of hydrogen-bond acceptors (Lipinski definition) is 5. The minimum absolute atomic E-state index is 0.192. The molecule has 0 aliphatic carbocycles. The molecule has 8 heteroatoms. The highest BCUT2D eigenvalue weighted by Crippen LogP contribution is 2.36. The van der Waals surface area contributed by atoms with Crippen molar-refractivity contribution >= 4 is 28.8 Å². The van der Waals surface area contributed by atoms with Gasteiger partial charge in [0, 0.05) is 25.8 Å². The molecular weight excluding hydrogens is 356 g/mol. The minimum atomic E-state index is -0.798. The first kappa shape index (κ1) is 16.7. The van der Waals surface area contributed by atoms with E-state index in [1.165, 1.54) is 0 Å². The summed E-state index contributed by atoms with van der Waals surface area (Å²) in [6.45, 7) is 1.71. The Kier molecular flexibility index (Phi) is 3.78. The van der Waals surface area contributed by atoms with Crippen LogP contribution in [0.2, 0.25) is 0 Å². The number of fused-ring (bicyclic) bond motifs is 1. The van der Waals surface area contributed by atoms with Crippen molar-refractivity contribution < 1.29 is 9.59 Å². The lowest BCUT2D eigenvalue weighted by Gasteiger charge is -2.42. The second kappa shape index (κ2) is 6.33. The minimum Gasteiger partial charge on any atom is -0.356 e. The van der Waals surface area contributed by atoms with Crippen molar-refractivity contribution in [2.45, 2.75) is 24.9 Å². The Morgan fingerprint density at radius 2 is 1.82 bits per heavy atom. The summed E-state index contributed by atoms with van der Waals surface area (Å²) in [7, 11) is 0. The smallest absolute Gasteiger partial charge is 0.325 e. The second-order valence-electron chi connectivity index (χ2n) is 7.29. The fraction of sp³-hybridized carbons (Fsp3) is 0.300. The summed E-state index contributed by atoms with van der Waals surface area (Å²) in [4.78, 5) is 40.9. The molecule has 28 heavy (non-hydrogen) atoms. The molecule has 2 aromatic heterocycles. The molecule has 1 aromatic carbocycles. The quantitative estimate of drug-likeness (QED) is 0.683. The van der Waals surface area contributed by atoms with Crippen LogP contribution in [0.5, 0.6) is 0 Å². The molecule has 0 bridgehead atoms. The summed E-state index contributed by atoms with van der Waals surface area (Å²) in [6.07, 6.45) is 4.52. The Morgan fingerprint density at radius 3 is 2.61 bits per heavy atom. The number of nitrogens with one attached hydrogen (secondary N) is 2. The number of urea groups is 1. The number of H-pyrrole nitrogens is 1. The molecule has 0 unspecified atom stereocenters.